The highest BCUT2D eigenvalue weighted by Gasteiger charge is 2.47. The van der Waals surface area contributed by atoms with E-state index in [9.17, 15) is 9.90 Å². The first-order chi connectivity index (χ1) is 9.20. The second kappa shape index (κ2) is 5.41. The van der Waals surface area contributed by atoms with Crippen molar-refractivity contribution in [1.82, 2.24) is 4.90 Å². The molecule has 5 atom stereocenters. The van der Waals surface area contributed by atoms with Gasteiger partial charge in [-0.05, 0) is 44.1 Å². The molecule has 0 amide bonds. The average molecular weight is 267 g/mol. The molecule has 4 heteroatoms. The fourth-order valence-electron chi connectivity index (χ4n) is 4.56. The van der Waals surface area contributed by atoms with Gasteiger partial charge in [-0.2, -0.15) is 0 Å². The molecule has 1 aliphatic heterocycles. The maximum atomic E-state index is 11.4. The van der Waals surface area contributed by atoms with Crippen molar-refractivity contribution in [3.8, 4) is 0 Å². The molecule has 3 rings (SSSR count). The van der Waals surface area contributed by atoms with Crippen LogP contribution in [0, 0.1) is 17.8 Å². The van der Waals surface area contributed by atoms with Crippen LogP contribution in [-0.2, 0) is 9.53 Å². The van der Waals surface area contributed by atoms with Crippen molar-refractivity contribution in [2.24, 2.45) is 17.8 Å². The van der Waals surface area contributed by atoms with Gasteiger partial charge in [0.05, 0.1) is 19.1 Å². The lowest BCUT2D eigenvalue weighted by molar-refractivity contribution is -0.143. The van der Waals surface area contributed by atoms with Crippen LogP contribution in [0.4, 0.5) is 0 Å². The number of carbonyl (C=O) groups is 1. The SMILES string of the molecule is CCCN(C1CC2CCC1C2)C1COCC1C(=O)O. The Morgan fingerprint density at radius 3 is 2.68 bits per heavy atom. The number of ether oxygens (including phenoxy) is 1. The minimum absolute atomic E-state index is 0.0989. The van der Waals surface area contributed by atoms with Crippen LogP contribution in [0.15, 0.2) is 0 Å². The van der Waals surface area contributed by atoms with Crippen LogP contribution in [0.1, 0.15) is 39.0 Å². The number of carboxylic acids is 1. The third-order valence-electron chi connectivity index (χ3n) is 5.40. The Kier molecular flexibility index (Phi) is 3.81. The van der Waals surface area contributed by atoms with Crippen LogP contribution in [0.5, 0.6) is 0 Å². The second-order valence-corrected chi connectivity index (χ2v) is 6.53. The van der Waals surface area contributed by atoms with Gasteiger partial charge in [-0.1, -0.05) is 13.3 Å². The van der Waals surface area contributed by atoms with Gasteiger partial charge in [0.15, 0.2) is 0 Å². The first-order valence-electron chi connectivity index (χ1n) is 7.77. The zero-order chi connectivity index (χ0) is 13.4. The molecular weight excluding hydrogens is 242 g/mol. The van der Waals surface area contributed by atoms with Crippen LogP contribution < -0.4 is 0 Å². The third-order valence-corrected chi connectivity index (χ3v) is 5.40. The first-order valence-corrected chi connectivity index (χ1v) is 7.77. The molecule has 3 fully saturated rings. The molecule has 5 unspecified atom stereocenters. The average Bonchev–Trinajstić information content (AvgIpc) is 3.10. The number of hydrogen-bond donors (Lipinski definition) is 1. The Bertz CT molecular complexity index is 346. The molecule has 1 heterocycles. The molecule has 3 aliphatic rings. The summed E-state index contributed by atoms with van der Waals surface area (Å²) in [6.07, 6.45) is 6.49. The summed E-state index contributed by atoms with van der Waals surface area (Å²) < 4.78 is 5.48. The van der Waals surface area contributed by atoms with E-state index in [-0.39, 0.29) is 12.0 Å². The molecule has 0 aromatic rings. The minimum atomic E-state index is -0.688. The summed E-state index contributed by atoms with van der Waals surface area (Å²) in [7, 11) is 0. The summed E-state index contributed by atoms with van der Waals surface area (Å²) in [5, 5.41) is 9.37. The monoisotopic (exact) mass is 267 g/mol. The van der Waals surface area contributed by atoms with Crippen LogP contribution >= 0.6 is 0 Å². The van der Waals surface area contributed by atoms with E-state index in [1.807, 2.05) is 0 Å². The molecule has 1 saturated heterocycles. The predicted octanol–water partition coefficient (Wildman–Crippen LogP) is 1.99. The van der Waals surface area contributed by atoms with Crippen LogP contribution in [0.3, 0.4) is 0 Å². The molecule has 2 saturated carbocycles. The van der Waals surface area contributed by atoms with Crippen molar-refractivity contribution in [3.05, 3.63) is 0 Å². The quantitative estimate of drug-likeness (QED) is 0.827. The van der Waals surface area contributed by atoms with E-state index in [0.717, 1.165) is 24.8 Å². The van der Waals surface area contributed by atoms with Gasteiger partial charge in [0.2, 0.25) is 0 Å². The third kappa shape index (κ3) is 2.40. The molecule has 0 aromatic carbocycles. The van der Waals surface area contributed by atoms with Crippen molar-refractivity contribution in [2.45, 2.75) is 51.1 Å². The fourth-order valence-corrected chi connectivity index (χ4v) is 4.56. The van der Waals surface area contributed by atoms with Crippen molar-refractivity contribution in [2.75, 3.05) is 19.8 Å². The molecule has 1 N–H and O–H groups in total. The Hall–Kier alpha value is -0.610. The van der Waals surface area contributed by atoms with Crippen LogP contribution in [0.2, 0.25) is 0 Å². The topological polar surface area (TPSA) is 49.8 Å². The summed E-state index contributed by atoms with van der Waals surface area (Å²) in [6, 6.07) is 0.717. The van der Waals surface area contributed by atoms with Gasteiger partial charge >= 0.3 is 5.97 Å². The summed E-state index contributed by atoms with van der Waals surface area (Å²) in [6.45, 7) is 4.20. The van der Waals surface area contributed by atoms with E-state index in [2.05, 4.69) is 11.8 Å². The molecule has 2 bridgehead atoms. The Balaban J connectivity index is 1.75. The predicted molar refractivity (Wildman–Crippen MR) is 72.0 cm³/mol. The highest BCUT2D eigenvalue weighted by Crippen LogP contribution is 2.47. The van der Waals surface area contributed by atoms with Gasteiger partial charge in [0, 0.05) is 12.1 Å². The van der Waals surface area contributed by atoms with Gasteiger partial charge in [-0.25, -0.2) is 0 Å². The second-order valence-electron chi connectivity index (χ2n) is 6.53. The molecular formula is C15H25NO3. The summed E-state index contributed by atoms with van der Waals surface area (Å²) in [4.78, 5) is 13.9. The van der Waals surface area contributed by atoms with Crippen molar-refractivity contribution < 1.29 is 14.6 Å². The van der Waals surface area contributed by atoms with E-state index in [4.69, 9.17) is 4.74 Å². The molecule has 4 nitrogen and oxygen atoms in total. The zero-order valence-electron chi connectivity index (χ0n) is 11.8. The van der Waals surface area contributed by atoms with E-state index in [1.165, 1.54) is 25.7 Å². The van der Waals surface area contributed by atoms with Gasteiger partial charge in [-0.15, -0.1) is 0 Å². The zero-order valence-corrected chi connectivity index (χ0v) is 11.8. The Morgan fingerprint density at radius 2 is 2.11 bits per heavy atom. The summed E-state index contributed by atoms with van der Waals surface area (Å²) >= 11 is 0. The number of aliphatic carboxylic acids is 1. The van der Waals surface area contributed by atoms with Gasteiger partial charge in [0.25, 0.3) is 0 Å². The lowest BCUT2D eigenvalue weighted by Gasteiger charge is -2.39. The number of fused-ring (bicyclic) bond motifs is 2. The van der Waals surface area contributed by atoms with E-state index < -0.39 is 5.97 Å². The standard InChI is InChI=1S/C15H25NO3/c1-2-5-16(13-7-10-3-4-11(13)6-10)14-9-19-8-12(14)15(17)18/h10-14H,2-9H2,1H3,(H,17,18). The van der Waals surface area contributed by atoms with Crippen LogP contribution in [-0.4, -0.2) is 47.8 Å². The molecule has 108 valence electrons. The molecule has 0 radical (unpaired) electrons. The summed E-state index contributed by atoms with van der Waals surface area (Å²) in [5.74, 6) is 0.698. The van der Waals surface area contributed by atoms with Crippen molar-refractivity contribution >= 4 is 5.97 Å². The van der Waals surface area contributed by atoms with Crippen LogP contribution in [0.25, 0.3) is 0 Å². The first kappa shape index (κ1) is 13.4. The number of hydrogen-bond acceptors (Lipinski definition) is 3. The van der Waals surface area contributed by atoms with Gasteiger partial charge in [-0.3, -0.25) is 9.69 Å². The summed E-state index contributed by atoms with van der Waals surface area (Å²) in [5.41, 5.74) is 0. The Labute approximate surface area is 115 Å². The fraction of sp³-hybridized carbons (Fsp3) is 0.933. The molecule has 2 aliphatic carbocycles. The minimum Gasteiger partial charge on any atom is -0.481 e. The highest BCUT2D eigenvalue weighted by molar-refractivity contribution is 5.71. The van der Waals surface area contributed by atoms with E-state index in [0.29, 0.717) is 19.3 Å². The Morgan fingerprint density at radius 1 is 1.26 bits per heavy atom. The smallest absolute Gasteiger partial charge is 0.310 e. The molecule has 19 heavy (non-hydrogen) atoms. The maximum Gasteiger partial charge on any atom is 0.310 e. The van der Waals surface area contributed by atoms with E-state index >= 15 is 0 Å². The largest absolute Gasteiger partial charge is 0.481 e. The van der Waals surface area contributed by atoms with Crippen molar-refractivity contribution in [3.63, 3.8) is 0 Å². The van der Waals surface area contributed by atoms with Crippen molar-refractivity contribution in [1.29, 1.82) is 0 Å². The van der Waals surface area contributed by atoms with Gasteiger partial charge in [0.1, 0.15) is 0 Å². The number of rotatable bonds is 5. The number of nitrogens with zero attached hydrogens (tertiary/aromatic N) is 1. The highest BCUT2D eigenvalue weighted by atomic mass is 16.5. The maximum absolute atomic E-state index is 11.4. The normalized spacial score (nSPS) is 41.3. The van der Waals surface area contributed by atoms with Gasteiger partial charge < -0.3 is 9.84 Å². The molecule has 0 spiro atoms. The lowest BCUT2D eigenvalue weighted by atomic mass is 9.90. The number of carboxylic acid groups (broad SMARTS) is 1. The lowest BCUT2D eigenvalue weighted by Crippen LogP contribution is -2.50. The molecule has 0 aromatic heterocycles. The van der Waals surface area contributed by atoms with E-state index in [1.54, 1.807) is 0 Å².